The Morgan fingerprint density at radius 1 is 1.57 bits per heavy atom. The van der Waals surface area contributed by atoms with Crippen LogP contribution >= 0.6 is 11.3 Å². The van der Waals surface area contributed by atoms with Gasteiger partial charge in [-0.25, -0.2) is 8.78 Å². The Morgan fingerprint density at radius 2 is 2.29 bits per heavy atom. The summed E-state index contributed by atoms with van der Waals surface area (Å²) in [5.74, 6) is -3.06. The van der Waals surface area contributed by atoms with E-state index in [2.05, 4.69) is 5.32 Å². The second-order valence-electron chi connectivity index (χ2n) is 2.92. The Bertz CT molecular complexity index is 291. The molecule has 0 amide bonds. The van der Waals surface area contributed by atoms with Crippen molar-refractivity contribution >= 4 is 17.0 Å². The molecule has 0 radical (unpaired) electrons. The van der Waals surface area contributed by atoms with Gasteiger partial charge in [0.15, 0.2) is 0 Å². The largest absolute Gasteiger partial charge is 0.398 e. The van der Waals surface area contributed by atoms with Crippen LogP contribution in [-0.4, -0.2) is 24.2 Å². The monoisotopic (exact) mass is 222 g/mol. The van der Waals surface area contributed by atoms with E-state index in [1.54, 1.807) is 11.4 Å². The highest BCUT2D eigenvalue weighted by Crippen LogP contribution is 2.18. The summed E-state index contributed by atoms with van der Waals surface area (Å²) in [7, 11) is 0. The van der Waals surface area contributed by atoms with Crippen LogP contribution < -0.4 is 11.1 Å². The average Bonchev–Trinajstić information content (AvgIpc) is 2.52. The molecule has 0 saturated carbocycles. The number of rotatable bonds is 5. The van der Waals surface area contributed by atoms with E-state index in [1.807, 2.05) is 0 Å². The summed E-state index contributed by atoms with van der Waals surface area (Å²) < 4.78 is 25.1. The second-order valence-corrected chi connectivity index (χ2v) is 3.92. The third-order valence-corrected chi connectivity index (χ3v) is 2.62. The summed E-state index contributed by atoms with van der Waals surface area (Å²) in [5, 5.41) is 12.6. The lowest BCUT2D eigenvalue weighted by atomic mass is 10.3. The van der Waals surface area contributed by atoms with Gasteiger partial charge in [0, 0.05) is 17.1 Å². The lowest BCUT2D eigenvalue weighted by Gasteiger charge is -2.13. The molecular weight excluding hydrogens is 210 g/mol. The van der Waals surface area contributed by atoms with Gasteiger partial charge >= 0.3 is 0 Å². The first-order chi connectivity index (χ1) is 6.55. The molecule has 1 aromatic rings. The van der Waals surface area contributed by atoms with Crippen LogP contribution in [0.2, 0.25) is 0 Å². The summed E-state index contributed by atoms with van der Waals surface area (Å²) in [6.07, 6.45) is 0. The zero-order chi connectivity index (χ0) is 10.6. The van der Waals surface area contributed by atoms with Crippen LogP contribution in [0, 0.1) is 0 Å². The number of alkyl halides is 2. The number of aliphatic hydroxyl groups is 1. The van der Waals surface area contributed by atoms with Crippen molar-refractivity contribution in [1.82, 2.24) is 5.32 Å². The summed E-state index contributed by atoms with van der Waals surface area (Å²) in [6.45, 7) is -1.38. The van der Waals surface area contributed by atoms with Crippen LogP contribution in [0.5, 0.6) is 0 Å². The number of nitrogen functional groups attached to an aromatic ring is 1. The molecule has 80 valence electrons. The quantitative estimate of drug-likeness (QED) is 0.698. The fourth-order valence-electron chi connectivity index (χ4n) is 0.909. The normalized spacial score (nSPS) is 11.9. The Balaban J connectivity index is 2.32. The molecule has 0 aromatic carbocycles. The maximum Gasteiger partial charge on any atom is 0.282 e. The van der Waals surface area contributed by atoms with Gasteiger partial charge in [-0.15, -0.1) is 11.3 Å². The fraction of sp³-hybridized carbons (Fsp3) is 0.500. The summed E-state index contributed by atoms with van der Waals surface area (Å²) in [4.78, 5) is 0.832. The predicted molar refractivity (Wildman–Crippen MR) is 52.5 cm³/mol. The van der Waals surface area contributed by atoms with E-state index >= 15 is 0 Å². The molecule has 0 aliphatic heterocycles. The molecule has 0 fully saturated rings. The average molecular weight is 222 g/mol. The number of anilines is 1. The Hall–Kier alpha value is -0.720. The molecule has 3 nitrogen and oxygen atoms in total. The summed E-state index contributed by atoms with van der Waals surface area (Å²) in [5.41, 5.74) is 6.16. The number of nitrogens with one attached hydrogen (secondary N) is 1. The zero-order valence-electron chi connectivity index (χ0n) is 7.46. The molecule has 0 aliphatic rings. The highest BCUT2D eigenvalue weighted by Gasteiger charge is 2.26. The number of hydrogen-bond donors (Lipinski definition) is 3. The zero-order valence-corrected chi connectivity index (χ0v) is 8.28. The van der Waals surface area contributed by atoms with Gasteiger partial charge in [-0.1, -0.05) is 0 Å². The minimum absolute atomic E-state index is 0.305. The predicted octanol–water partition coefficient (Wildman–Crippen LogP) is 1.05. The highest BCUT2D eigenvalue weighted by atomic mass is 32.1. The van der Waals surface area contributed by atoms with Gasteiger partial charge in [0.1, 0.15) is 6.61 Å². The number of halogens is 2. The first kappa shape index (κ1) is 11.4. The highest BCUT2D eigenvalue weighted by molar-refractivity contribution is 7.10. The minimum atomic E-state index is -3.06. The maximum atomic E-state index is 12.5. The molecule has 0 spiro atoms. The van der Waals surface area contributed by atoms with Crippen molar-refractivity contribution in [2.45, 2.75) is 12.5 Å². The van der Waals surface area contributed by atoms with Gasteiger partial charge in [-0.3, -0.25) is 0 Å². The summed E-state index contributed by atoms with van der Waals surface area (Å²) >= 11 is 1.41. The number of hydrogen-bond acceptors (Lipinski definition) is 4. The van der Waals surface area contributed by atoms with Crippen molar-refractivity contribution in [1.29, 1.82) is 0 Å². The molecular formula is C8H12F2N2OS. The third kappa shape index (κ3) is 3.21. The number of thiophene rings is 1. The molecule has 0 atom stereocenters. The fourth-order valence-corrected chi connectivity index (χ4v) is 1.68. The van der Waals surface area contributed by atoms with E-state index in [9.17, 15) is 8.78 Å². The van der Waals surface area contributed by atoms with Gasteiger partial charge in [-0.05, 0) is 11.4 Å². The van der Waals surface area contributed by atoms with Crippen LogP contribution in [0.4, 0.5) is 14.5 Å². The van der Waals surface area contributed by atoms with Gasteiger partial charge < -0.3 is 16.2 Å². The minimum Gasteiger partial charge on any atom is -0.398 e. The van der Waals surface area contributed by atoms with Crippen LogP contribution in [0.15, 0.2) is 11.4 Å². The maximum absolute atomic E-state index is 12.5. The molecule has 14 heavy (non-hydrogen) atoms. The Labute approximate surface area is 84.5 Å². The molecule has 0 saturated heterocycles. The second kappa shape index (κ2) is 4.68. The lowest BCUT2D eigenvalue weighted by molar-refractivity contribution is -0.0477. The third-order valence-electron chi connectivity index (χ3n) is 1.68. The van der Waals surface area contributed by atoms with Gasteiger partial charge in [-0.2, -0.15) is 0 Å². The van der Waals surface area contributed by atoms with E-state index in [0.717, 1.165) is 4.88 Å². The van der Waals surface area contributed by atoms with Gasteiger partial charge in [0.05, 0.1) is 6.54 Å². The topological polar surface area (TPSA) is 58.3 Å². The van der Waals surface area contributed by atoms with Crippen molar-refractivity contribution < 1.29 is 13.9 Å². The molecule has 1 rings (SSSR count). The van der Waals surface area contributed by atoms with E-state index < -0.39 is 19.1 Å². The molecule has 0 aliphatic carbocycles. The Kier molecular flexibility index (Phi) is 3.79. The van der Waals surface area contributed by atoms with E-state index in [0.29, 0.717) is 12.2 Å². The van der Waals surface area contributed by atoms with Crippen LogP contribution in [0.1, 0.15) is 4.88 Å². The van der Waals surface area contributed by atoms with Gasteiger partial charge in [0.2, 0.25) is 0 Å². The molecule has 0 unspecified atom stereocenters. The number of nitrogens with two attached hydrogens (primary N) is 1. The lowest BCUT2D eigenvalue weighted by Crippen LogP contribution is -2.35. The molecule has 0 bridgehead atoms. The van der Waals surface area contributed by atoms with Crippen molar-refractivity contribution in [2.75, 3.05) is 18.9 Å². The molecule has 1 heterocycles. The Morgan fingerprint density at radius 3 is 2.79 bits per heavy atom. The van der Waals surface area contributed by atoms with E-state index in [4.69, 9.17) is 10.8 Å². The summed E-state index contributed by atoms with van der Waals surface area (Å²) in [6, 6.07) is 1.73. The van der Waals surface area contributed by atoms with Crippen molar-refractivity contribution in [3.63, 3.8) is 0 Å². The molecule has 6 heteroatoms. The standard InChI is InChI=1S/C8H12F2N2OS/c9-8(10,5-13)4-12-3-7-6(11)1-2-14-7/h1-2,12-13H,3-5,11H2. The van der Waals surface area contributed by atoms with E-state index in [-0.39, 0.29) is 0 Å². The van der Waals surface area contributed by atoms with Crippen molar-refractivity contribution in [2.24, 2.45) is 0 Å². The van der Waals surface area contributed by atoms with Crippen LogP contribution in [-0.2, 0) is 6.54 Å². The van der Waals surface area contributed by atoms with Crippen LogP contribution in [0.25, 0.3) is 0 Å². The first-order valence-electron chi connectivity index (χ1n) is 4.06. The SMILES string of the molecule is Nc1ccsc1CNCC(F)(F)CO. The van der Waals surface area contributed by atoms with E-state index in [1.165, 1.54) is 11.3 Å². The first-order valence-corrected chi connectivity index (χ1v) is 4.94. The molecule has 4 N–H and O–H groups in total. The number of aliphatic hydroxyl groups excluding tert-OH is 1. The smallest absolute Gasteiger partial charge is 0.282 e. The molecule has 1 aromatic heterocycles. The van der Waals surface area contributed by atoms with Crippen molar-refractivity contribution in [3.8, 4) is 0 Å². The van der Waals surface area contributed by atoms with Crippen LogP contribution in [0.3, 0.4) is 0 Å². The van der Waals surface area contributed by atoms with Crippen molar-refractivity contribution in [3.05, 3.63) is 16.3 Å². The van der Waals surface area contributed by atoms with Gasteiger partial charge in [0.25, 0.3) is 5.92 Å².